The lowest BCUT2D eigenvalue weighted by molar-refractivity contribution is -0.139. The minimum Gasteiger partial charge on any atom is -0.465 e. The van der Waals surface area contributed by atoms with Crippen molar-refractivity contribution in [2.75, 3.05) is 12.4 Å². The molecule has 0 saturated carbocycles. The highest BCUT2D eigenvalue weighted by atomic mass is 32.2. The van der Waals surface area contributed by atoms with Crippen molar-refractivity contribution in [3.8, 4) is 11.4 Å². The summed E-state index contributed by atoms with van der Waals surface area (Å²) >= 11 is 1.29. The highest BCUT2D eigenvalue weighted by Gasteiger charge is 2.13. The van der Waals surface area contributed by atoms with Gasteiger partial charge in [-0.3, -0.25) is 9.00 Å². The van der Waals surface area contributed by atoms with Crippen molar-refractivity contribution in [3.05, 3.63) is 72.4 Å². The van der Waals surface area contributed by atoms with Crippen LogP contribution < -0.4 is 0 Å². The van der Waals surface area contributed by atoms with Gasteiger partial charge in [0.05, 0.1) is 34.6 Å². The fourth-order valence-electron chi connectivity index (χ4n) is 2.46. The van der Waals surface area contributed by atoms with Gasteiger partial charge in [-0.15, -0.1) is 0 Å². The van der Waals surface area contributed by atoms with Crippen LogP contribution in [0.5, 0.6) is 0 Å². The van der Waals surface area contributed by atoms with Gasteiger partial charge in [-0.25, -0.2) is 9.97 Å². The molecular formula is C21H20N2O3S2. The third-order valence-corrected chi connectivity index (χ3v) is 5.96. The zero-order valence-electron chi connectivity index (χ0n) is 15.4. The van der Waals surface area contributed by atoms with Gasteiger partial charge in [0.1, 0.15) is 5.03 Å². The van der Waals surface area contributed by atoms with Crippen molar-refractivity contribution < 1.29 is 13.7 Å². The summed E-state index contributed by atoms with van der Waals surface area (Å²) in [6, 6.07) is 20.7. The van der Waals surface area contributed by atoms with Crippen LogP contribution in [0.1, 0.15) is 12.6 Å². The molecule has 0 fully saturated rings. The molecule has 0 N–H and O–H groups in total. The lowest BCUT2D eigenvalue weighted by atomic mass is 10.2. The van der Waals surface area contributed by atoms with E-state index in [-0.39, 0.29) is 17.5 Å². The summed E-state index contributed by atoms with van der Waals surface area (Å²) in [6.07, 6.45) is 0. The van der Waals surface area contributed by atoms with Crippen LogP contribution in [0.3, 0.4) is 0 Å². The fourth-order valence-corrected chi connectivity index (χ4v) is 4.23. The van der Waals surface area contributed by atoms with Crippen LogP contribution in [0.2, 0.25) is 0 Å². The highest BCUT2D eigenvalue weighted by Crippen LogP contribution is 2.23. The average Bonchev–Trinajstić information content (AvgIpc) is 2.73. The average molecular weight is 413 g/mol. The number of thioether (sulfide) groups is 1. The van der Waals surface area contributed by atoms with E-state index in [2.05, 4.69) is 9.97 Å². The number of esters is 1. The van der Waals surface area contributed by atoms with Gasteiger partial charge in [0, 0.05) is 10.5 Å². The summed E-state index contributed by atoms with van der Waals surface area (Å²) in [5.74, 6) is 0.705. The van der Waals surface area contributed by atoms with Gasteiger partial charge >= 0.3 is 5.97 Å². The second kappa shape index (κ2) is 10.1. The molecule has 0 bridgehead atoms. The van der Waals surface area contributed by atoms with Crippen molar-refractivity contribution in [3.63, 3.8) is 0 Å². The predicted molar refractivity (Wildman–Crippen MR) is 111 cm³/mol. The molecule has 0 saturated heterocycles. The predicted octanol–water partition coefficient (Wildman–Crippen LogP) is 4.11. The smallest absolute Gasteiger partial charge is 0.316 e. The number of carbonyl (C=O) groups is 1. The van der Waals surface area contributed by atoms with E-state index >= 15 is 0 Å². The van der Waals surface area contributed by atoms with Crippen molar-refractivity contribution in [1.82, 2.24) is 9.97 Å². The third-order valence-electron chi connectivity index (χ3n) is 3.72. The Morgan fingerprint density at radius 1 is 1.04 bits per heavy atom. The van der Waals surface area contributed by atoms with Crippen LogP contribution in [0, 0.1) is 0 Å². The third kappa shape index (κ3) is 5.74. The lowest BCUT2D eigenvalue weighted by Crippen LogP contribution is -2.07. The number of rotatable bonds is 8. The minimum absolute atomic E-state index is 0.167. The first-order valence-electron chi connectivity index (χ1n) is 8.81. The monoisotopic (exact) mass is 412 g/mol. The Hall–Kier alpha value is -2.51. The summed E-state index contributed by atoms with van der Waals surface area (Å²) in [5.41, 5.74) is 1.54. The first kappa shape index (κ1) is 20.2. The zero-order chi connectivity index (χ0) is 19.8. The topological polar surface area (TPSA) is 69.2 Å². The number of hydrogen-bond acceptors (Lipinski definition) is 6. The molecule has 28 heavy (non-hydrogen) atoms. The Morgan fingerprint density at radius 2 is 1.71 bits per heavy atom. The summed E-state index contributed by atoms with van der Waals surface area (Å²) in [5, 5.41) is 0.655. The van der Waals surface area contributed by atoms with E-state index in [1.807, 2.05) is 60.7 Å². The Morgan fingerprint density at radius 3 is 2.39 bits per heavy atom. The number of nitrogens with zero attached hydrogens (tertiary/aromatic N) is 2. The molecule has 1 aromatic heterocycles. The van der Waals surface area contributed by atoms with Crippen LogP contribution in [0.15, 0.2) is 76.7 Å². The van der Waals surface area contributed by atoms with Crippen LogP contribution in [-0.2, 0) is 26.1 Å². The van der Waals surface area contributed by atoms with Crippen molar-refractivity contribution in [2.24, 2.45) is 0 Å². The lowest BCUT2D eigenvalue weighted by Gasteiger charge is -2.08. The Bertz CT molecular complexity index is 950. The van der Waals surface area contributed by atoms with Gasteiger partial charge in [-0.05, 0) is 25.1 Å². The summed E-state index contributed by atoms with van der Waals surface area (Å²) in [7, 11) is -1.21. The molecule has 144 valence electrons. The van der Waals surface area contributed by atoms with E-state index in [9.17, 15) is 9.00 Å². The summed E-state index contributed by atoms with van der Waals surface area (Å²) in [6.45, 7) is 2.12. The van der Waals surface area contributed by atoms with E-state index in [1.54, 1.807) is 13.0 Å². The highest BCUT2D eigenvalue weighted by molar-refractivity contribution is 7.99. The second-order valence-electron chi connectivity index (χ2n) is 5.78. The molecule has 1 atom stereocenters. The fraction of sp³-hybridized carbons (Fsp3) is 0.190. The van der Waals surface area contributed by atoms with Gasteiger partial charge < -0.3 is 4.74 Å². The molecule has 0 aliphatic rings. The Balaban J connectivity index is 1.86. The van der Waals surface area contributed by atoms with Gasteiger partial charge in [0.25, 0.3) is 0 Å². The quantitative estimate of drug-likeness (QED) is 0.315. The number of ether oxygens (including phenoxy) is 1. The van der Waals surface area contributed by atoms with Crippen molar-refractivity contribution >= 4 is 28.5 Å². The van der Waals surface area contributed by atoms with Crippen molar-refractivity contribution in [1.29, 1.82) is 0 Å². The van der Waals surface area contributed by atoms with Gasteiger partial charge in [0.15, 0.2) is 5.82 Å². The molecule has 0 radical (unpaired) electrons. The van der Waals surface area contributed by atoms with Crippen LogP contribution in [0.25, 0.3) is 11.4 Å². The van der Waals surface area contributed by atoms with E-state index < -0.39 is 10.8 Å². The number of hydrogen-bond donors (Lipinski definition) is 0. The Kier molecular flexibility index (Phi) is 7.33. The Labute approximate surface area is 171 Å². The molecular weight excluding hydrogens is 392 g/mol. The van der Waals surface area contributed by atoms with Crippen molar-refractivity contribution in [2.45, 2.75) is 22.6 Å². The molecule has 0 spiro atoms. The maximum atomic E-state index is 12.7. The largest absolute Gasteiger partial charge is 0.465 e. The molecule has 3 rings (SSSR count). The summed E-state index contributed by atoms with van der Waals surface area (Å²) < 4.78 is 17.7. The normalized spacial score (nSPS) is 11.8. The summed E-state index contributed by atoms with van der Waals surface area (Å²) in [4.78, 5) is 21.6. The van der Waals surface area contributed by atoms with Crippen LogP contribution >= 0.6 is 11.8 Å². The minimum atomic E-state index is -1.21. The van der Waals surface area contributed by atoms with Crippen LogP contribution in [0.4, 0.5) is 0 Å². The van der Waals surface area contributed by atoms with E-state index in [4.69, 9.17) is 4.74 Å². The molecule has 1 unspecified atom stereocenters. The number of carbonyl (C=O) groups excluding carboxylic acids is 1. The molecule has 2 aromatic carbocycles. The van der Waals surface area contributed by atoms with E-state index in [1.165, 1.54) is 11.8 Å². The van der Waals surface area contributed by atoms with Gasteiger partial charge in [0.2, 0.25) is 0 Å². The maximum Gasteiger partial charge on any atom is 0.316 e. The van der Waals surface area contributed by atoms with E-state index in [0.29, 0.717) is 23.2 Å². The zero-order valence-corrected chi connectivity index (χ0v) is 17.0. The molecule has 3 aromatic rings. The maximum absolute atomic E-state index is 12.7. The van der Waals surface area contributed by atoms with Crippen LogP contribution in [-0.4, -0.2) is 32.5 Å². The molecule has 5 nitrogen and oxygen atoms in total. The molecule has 0 amide bonds. The van der Waals surface area contributed by atoms with Gasteiger partial charge in [-0.1, -0.05) is 60.3 Å². The molecule has 1 heterocycles. The van der Waals surface area contributed by atoms with E-state index in [0.717, 1.165) is 10.5 Å². The molecule has 0 aliphatic carbocycles. The second-order valence-corrected chi connectivity index (χ2v) is 8.23. The van der Waals surface area contributed by atoms with Gasteiger partial charge in [-0.2, -0.15) is 0 Å². The molecule has 0 aliphatic heterocycles. The number of aromatic nitrogens is 2. The standard InChI is InChI=1S/C21H20N2O3S2/c1-2-26-20(24)14-27-19-13-17(15-28(25)18-11-7-4-8-12-18)22-21(23-19)16-9-5-3-6-10-16/h3-13H,2,14-15H2,1H3. The first-order chi connectivity index (χ1) is 13.7. The molecule has 7 heteroatoms. The first-order valence-corrected chi connectivity index (χ1v) is 11.1. The number of benzene rings is 2. The SMILES string of the molecule is CCOC(=O)CSc1cc(CS(=O)c2ccccc2)nc(-c2ccccc2)n1.